The highest BCUT2D eigenvalue weighted by molar-refractivity contribution is 5.79. The molecule has 136 valence electrons. The zero-order valence-corrected chi connectivity index (χ0v) is 15.7. The van der Waals surface area contributed by atoms with E-state index in [4.69, 9.17) is 0 Å². The first kappa shape index (κ1) is 19.2. The molecule has 0 aliphatic heterocycles. The van der Waals surface area contributed by atoms with Crippen LogP contribution in [0.5, 0.6) is 0 Å². The Morgan fingerprint density at radius 1 is 1.08 bits per heavy atom. The van der Waals surface area contributed by atoms with Crippen LogP contribution in [0.15, 0.2) is 35.4 Å². The molecule has 2 rings (SSSR count). The van der Waals surface area contributed by atoms with E-state index in [-0.39, 0.29) is 18.0 Å². The Bertz CT molecular complexity index is 753. The maximum atomic E-state index is 12.8. The maximum absolute atomic E-state index is 12.8. The van der Waals surface area contributed by atoms with Gasteiger partial charge in [0.1, 0.15) is 6.54 Å². The molecule has 1 heterocycles. The van der Waals surface area contributed by atoms with Gasteiger partial charge < -0.3 is 4.90 Å². The summed E-state index contributed by atoms with van der Waals surface area (Å²) in [7, 11) is 0. The van der Waals surface area contributed by atoms with E-state index in [0.717, 1.165) is 25.9 Å². The number of aromatic nitrogens is 2. The lowest BCUT2D eigenvalue weighted by molar-refractivity contribution is -0.132. The topological polar surface area (TPSA) is 55.2 Å². The van der Waals surface area contributed by atoms with E-state index in [9.17, 15) is 9.59 Å². The molecule has 0 aliphatic carbocycles. The van der Waals surface area contributed by atoms with E-state index in [0.29, 0.717) is 22.7 Å². The Labute approximate surface area is 149 Å². The zero-order valence-electron chi connectivity index (χ0n) is 15.7. The van der Waals surface area contributed by atoms with Crippen LogP contribution < -0.4 is 5.56 Å². The van der Waals surface area contributed by atoms with Gasteiger partial charge in [-0.1, -0.05) is 39.8 Å². The van der Waals surface area contributed by atoms with Crippen LogP contribution in [-0.4, -0.2) is 33.4 Å². The summed E-state index contributed by atoms with van der Waals surface area (Å²) in [6.07, 6.45) is 3.41. The Morgan fingerprint density at radius 3 is 2.28 bits per heavy atom. The number of fused-ring (bicyclic) bond motifs is 1. The summed E-state index contributed by atoms with van der Waals surface area (Å²) in [5.74, 6) is 1.07. The van der Waals surface area contributed by atoms with E-state index in [1.54, 1.807) is 12.1 Å². The van der Waals surface area contributed by atoms with Gasteiger partial charge in [-0.3, -0.25) is 14.2 Å². The first-order valence-electron chi connectivity index (χ1n) is 9.10. The van der Waals surface area contributed by atoms with Gasteiger partial charge in [-0.15, -0.1) is 0 Å². The highest BCUT2D eigenvalue weighted by Crippen LogP contribution is 2.09. The average molecular weight is 343 g/mol. The fraction of sp³-hybridized carbons (Fsp3) is 0.550. The van der Waals surface area contributed by atoms with Gasteiger partial charge in [0.05, 0.1) is 17.2 Å². The SMILES string of the molecule is CC(C)CCN(CCC(C)C)C(=O)Cn1cnc2ccccc2c1=O. The zero-order chi connectivity index (χ0) is 18.4. The van der Waals surface area contributed by atoms with Crippen LogP contribution in [0, 0.1) is 11.8 Å². The Kier molecular flexibility index (Phi) is 6.73. The van der Waals surface area contributed by atoms with Gasteiger partial charge in [-0.2, -0.15) is 0 Å². The van der Waals surface area contributed by atoms with E-state index in [2.05, 4.69) is 32.7 Å². The monoisotopic (exact) mass is 343 g/mol. The van der Waals surface area contributed by atoms with Crippen molar-refractivity contribution >= 4 is 16.8 Å². The van der Waals surface area contributed by atoms with Crippen molar-refractivity contribution in [1.82, 2.24) is 14.5 Å². The number of amides is 1. The molecule has 1 aromatic heterocycles. The molecule has 0 fully saturated rings. The van der Waals surface area contributed by atoms with Gasteiger partial charge in [0.15, 0.2) is 0 Å². The summed E-state index contributed by atoms with van der Waals surface area (Å²) in [5.41, 5.74) is 0.499. The number of carbonyl (C=O) groups is 1. The minimum Gasteiger partial charge on any atom is -0.341 e. The Morgan fingerprint density at radius 2 is 1.68 bits per heavy atom. The molecule has 0 aliphatic rings. The molecule has 5 heteroatoms. The third-order valence-corrected chi connectivity index (χ3v) is 4.34. The number of hydrogen-bond acceptors (Lipinski definition) is 3. The number of hydrogen-bond donors (Lipinski definition) is 0. The first-order valence-corrected chi connectivity index (χ1v) is 9.10. The molecule has 0 unspecified atom stereocenters. The van der Waals surface area contributed by atoms with E-state index in [1.165, 1.54) is 10.9 Å². The van der Waals surface area contributed by atoms with Gasteiger partial charge in [-0.05, 0) is 36.8 Å². The molecule has 0 radical (unpaired) electrons. The van der Waals surface area contributed by atoms with Gasteiger partial charge in [0.25, 0.3) is 5.56 Å². The van der Waals surface area contributed by atoms with Crippen LogP contribution in [0.2, 0.25) is 0 Å². The van der Waals surface area contributed by atoms with Crippen LogP contribution in [-0.2, 0) is 11.3 Å². The van der Waals surface area contributed by atoms with E-state index >= 15 is 0 Å². The van der Waals surface area contributed by atoms with Crippen LogP contribution in [0.25, 0.3) is 10.9 Å². The number of carbonyl (C=O) groups excluding carboxylic acids is 1. The first-order chi connectivity index (χ1) is 11.9. The van der Waals surface area contributed by atoms with Crippen molar-refractivity contribution < 1.29 is 4.79 Å². The van der Waals surface area contributed by atoms with Crippen LogP contribution in [0.3, 0.4) is 0 Å². The summed E-state index contributed by atoms with van der Waals surface area (Å²) < 4.78 is 1.42. The molecule has 0 spiro atoms. The van der Waals surface area contributed by atoms with Crippen LogP contribution in [0.1, 0.15) is 40.5 Å². The number of para-hydroxylation sites is 1. The number of nitrogens with zero attached hydrogens (tertiary/aromatic N) is 3. The van der Waals surface area contributed by atoms with Crippen molar-refractivity contribution in [2.75, 3.05) is 13.1 Å². The van der Waals surface area contributed by atoms with Crippen molar-refractivity contribution in [2.45, 2.75) is 47.1 Å². The summed E-state index contributed by atoms with van der Waals surface area (Å²) in [5, 5.41) is 0.550. The summed E-state index contributed by atoms with van der Waals surface area (Å²) in [6, 6.07) is 7.22. The fourth-order valence-electron chi connectivity index (χ4n) is 2.65. The van der Waals surface area contributed by atoms with E-state index < -0.39 is 0 Å². The second kappa shape index (κ2) is 8.79. The lowest BCUT2D eigenvalue weighted by Gasteiger charge is -2.25. The number of rotatable bonds is 8. The molecule has 0 atom stereocenters. The molecule has 25 heavy (non-hydrogen) atoms. The van der Waals surface area contributed by atoms with Crippen molar-refractivity contribution in [3.63, 3.8) is 0 Å². The molecule has 1 amide bonds. The second-order valence-electron chi connectivity index (χ2n) is 7.44. The standard InChI is InChI=1S/C20H29N3O2/c1-15(2)9-11-22(12-10-16(3)4)19(24)13-23-14-21-18-8-6-5-7-17(18)20(23)25/h5-8,14-16H,9-13H2,1-4H3. The predicted octanol–water partition coefficient (Wildman–Crippen LogP) is 3.32. The van der Waals surface area contributed by atoms with Crippen molar-refractivity contribution in [3.05, 3.63) is 40.9 Å². The Balaban J connectivity index is 2.16. The second-order valence-corrected chi connectivity index (χ2v) is 7.44. The average Bonchev–Trinajstić information content (AvgIpc) is 2.57. The van der Waals surface area contributed by atoms with Crippen molar-refractivity contribution in [2.24, 2.45) is 11.8 Å². The summed E-state index contributed by atoms with van der Waals surface area (Å²) >= 11 is 0. The molecular formula is C20H29N3O2. The van der Waals surface area contributed by atoms with Crippen molar-refractivity contribution in [1.29, 1.82) is 0 Å². The molecule has 0 bridgehead atoms. The van der Waals surface area contributed by atoms with Gasteiger partial charge in [-0.25, -0.2) is 4.98 Å². The Hall–Kier alpha value is -2.17. The molecular weight excluding hydrogens is 314 g/mol. The van der Waals surface area contributed by atoms with Crippen LogP contribution >= 0.6 is 0 Å². The van der Waals surface area contributed by atoms with E-state index in [1.807, 2.05) is 17.0 Å². The molecule has 0 saturated carbocycles. The predicted molar refractivity (Wildman–Crippen MR) is 101 cm³/mol. The molecule has 0 saturated heterocycles. The van der Waals surface area contributed by atoms with Crippen molar-refractivity contribution in [3.8, 4) is 0 Å². The van der Waals surface area contributed by atoms with Gasteiger partial charge in [0.2, 0.25) is 5.91 Å². The smallest absolute Gasteiger partial charge is 0.261 e. The third-order valence-electron chi connectivity index (χ3n) is 4.34. The molecule has 0 N–H and O–H groups in total. The normalized spacial score (nSPS) is 11.4. The lowest BCUT2D eigenvalue weighted by Crippen LogP contribution is -2.38. The third kappa shape index (κ3) is 5.41. The van der Waals surface area contributed by atoms with Crippen LogP contribution in [0.4, 0.5) is 0 Å². The molecule has 2 aromatic rings. The molecule has 1 aromatic carbocycles. The van der Waals surface area contributed by atoms with Gasteiger partial charge in [0, 0.05) is 13.1 Å². The number of benzene rings is 1. The minimum atomic E-state index is -0.161. The summed E-state index contributed by atoms with van der Waals surface area (Å²) in [4.78, 5) is 31.5. The highest BCUT2D eigenvalue weighted by atomic mass is 16.2. The fourth-order valence-corrected chi connectivity index (χ4v) is 2.65. The quantitative estimate of drug-likeness (QED) is 0.739. The maximum Gasteiger partial charge on any atom is 0.261 e. The molecule has 5 nitrogen and oxygen atoms in total. The summed E-state index contributed by atoms with van der Waals surface area (Å²) in [6.45, 7) is 10.1. The lowest BCUT2D eigenvalue weighted by atomic mass is 10.1. The highest BCUT2D eigenvalue weighted by Gasteiger charge is 2.16. The van der Waals surface area contributed by atoms with Gasteiger partial charge >= 0.3 is 0 Å². The minimum absolute atomic E-state index is 0.0134. The largest absolute Gasteiger partial charge is 0.341 e.